The molecule has 3 N–H and O–H groups in total. The molecule has 1 atom stereocenters. The Balaban J connectivity index is 1.69. The number of hydrogen-bond acceptors (Lipinski definition) is 5. The highest BCUT2D eigenvalue weighted by Crippen LogP contribution is 2.24. The Bertz CT molecular complexity index is 701. The van der Waals surface area contributed by atoms with Gasteiger partial charge in [0.25, 0.3) is 5.91 Å². The van der Waals surface area contributed by atoms with Gasteiger partial charge in [-0.1, -0.05) is 0 Å². The number of aromatic nitrogens is 1. The lowest BCUT2D eigenvalue weighted by Crippen LogP contribution is -2.55. The third-order valence-corrected chi connectivity index (χ3v) is 4.04. The molecule has 1 aliphatic rings. The van der Waals surface area contributed by atoms with Gasteiger partial charge in [0.1, 0.15) is 12.1 Å². The van der Waals surface area contributed by atoms with Crippen molar-refractivity contribution in [2.24, 2.45) is 5.73 Å². The van der Waals surface area contributed by atoms with Gasteiger partial charge in [-0.3, -0.25) is 9.69 Å². The fraction of sp³-hybridized carbons (Fsp3) is 0.375. The molecule has 2 heterocycles. The first-order chi connectivity index (χ1) is 11.0. The Morgan fingerprint density at radius 3 is 2.87 bits per heavy atom. The predicted molar refractivity (Wildman–Crippen MR) is 80.6 cm³/mol. The second-order valence-corrected chi connectivity index (χ2v) is 5.86. The average molecular weight is 319 g/mol. The molecule has 1 fully saturated rings. The number of nitrogens with zero attached hydrogens (tertiary/aromatic N) is 2. The minimum atomic E-state index is -1.48. The predicted octanol–water partition coefficient (Wildman–Crippen LogP) is 1.29. The van der Waals surface area contributed by atoms with Crippen LogP contribution in [-0.4, -0.2) is 39.6 Å². The molecule has 23 heavy (non-hydrogen) atoms. The molecule has 1 aromatic heterocycles. The molecule has 1 aliphatic heterocycles. The van der Waals surface area contributed by atoms with Gasteiger partial charge in [0.15, 0.2) is 5.60 Å². The highest BCUT2D eigenvalue weighted by Gasteiger charge is 2.38. The number of β-amino-alcohol motifs (C(OH)–C–C–N with tert-alkyl or cyclic N) is 1. The van der Waals surface area contributed by atoms with Crippen LogP contribution in [0.1, 0.15) is 18.5 Å². The van der Waals surface area contributed by atoms with E-state index in [4.69, 9.17) is 10.2 Å². The Hall–Kier alpha value is -2.25. The third-order valence-electron chi connectivity index (χ3n) is 4.04. The molecule has 6 nitrogen and oxygen atoms in total. The molecule has 0 saturated carbocycles. The topological polar surface area (TPSA) is 92.6 Å². The Labute approximate surface area is 132 Å². The Kier molecular flexibility index (Phi) is 4.14. The van der Waals surface area contributed by atoms with Crippen molar-refractivity contribution in [1.29, 1.82) is 0 Å². The highest BCUT2D eigenvalue weighted by atomic mass is 19.1. The van der Waals surface area contributed by atoms with E-state index in [2.05, 4.69) is 4.98 Å². The summed E-state index contributed by atoms with van der Waals surface area (Å²) < 4.78 is 18.4. The van der Waals surface area contributed by atoms with E-state index in [0.29, 0.717) is 36.5 Å². The van der Waals surface area contributed by atoms with Crippen molar-refractivity contribution in [3.8, 4) is 11.5 Å². The number of benzene rings is 1. The number of rotatable bonds is 4. The summed E-state index contributed by atoms with van der Waals surface area (Å²) in [5.74, 6) is -0.615. The summed E-state index contributed by atoms with van der Waals surface area (Å²) in [5, 5.41) is 10.2. The van der Waals surface area contributed by atoms with Crippen LogP contribution in [0.2, 0.25) is 0 Å². The van der Waals surface area contributed by atoms with Crippen LogP contribution < -0.4 is 5.73 Å². The van der Waals surface area contributed by atoms with Gasteiger partial charge in [-0.2, -0.15) is 0 Å². The standard InChI is InChI=1S/C16H18FN3O3/c17-12-4-2-11(3-5-12)14-19-13(9-23-14)8-20-7-1-6-16(22,10-20)15(18)21/h2-5,9,22H,1,6-8,10H2,(H2,18,21)/t16-/m1/s1. The zero-order chi connectivity index (χ0) is 16.4. The molecule has 1 aromatic carbocycles. The van der Waals surface area contributed by atoms with Crippen LogP contribution in [0.15, 0.2) is 34.9 Å². The van der Waals surface area contributed by atoms with E-state index in [1.54, 1.807) is 12.1 Å². The lowest BCUT2D eigenvalue weighted by Gasteiger charge is -2.36. The van der Waals surface area contributed by atoms with E-state index in [1.165, 1.54) is 18.4 Å². The monoisotopic (exact) mass is 319 g/mol. The number of oxazole rings is 1. The minimum absolute atomic E-state index is 0.182. The normalized spacial score (nSPS) is 22.2. The van der Waals surface area contributed by atoms with Gasteiger partial charge in [0, 0.05) is 18.7 Å². The quantitative estimate of drug-likeness (QED) is 0.886. The lowest BCUT2D eigenvalue weighted by molar-refractivity contribution is -0.142. The molecular weight excluding hydrogens is 301 g/mol. The van der Waals surface area contributed by atoms with Gasteiger partial charge in [-0.05, 0) is 43.7 Å². The van der Waals surface area contributed by atoms with Crippen molar-refractivity contribution in [1.82, 2.24) is 9.88 Å². The number of aliphatic hydroxyl groups is 1. The van der Waals surface area contributed by atoms with Gasteiger partial charge < -0.3 is 15.3 Å². The summed E-state index contributed by atoms with van der Waals surface area (Å²) in [6, 6.07) is 5.88. The molecule has 1 saturated heterocycles. The Morgan fingerprint density at radius 2 is 2.17 bits per heavy atom. The molecule has 0 unspecified atom stereocenters. The van der Waals surface area contributed by atoms with Crippen LogP contribution in [0.3, 0.4) is 0 Å². The average Bonchev–Trinajstić information content (AvgIpc) is 2.96. The molecule has 1 amide bonds. The number of piperidine rings is 1. The zero-order valence-corrected chi connectivity index (χ0v) is 12.5. The first kappa shape index (κ1) is 15.6. The molecule has 0 radical (unpaired) electrons. The molecule has 0 aliphatic carbocycles. The van der Waals surface area contributed by atoms with Crippen LogP contribution in [0.25, 0.3) is 11.5 Å². The fourth-order valence-electron chi connectivity index (χ4n) is 2.79. The summed E-state index contributed by atoms with van der Waals surface area (Å²) in [5.41, 5.74) is 5.15. The first-order valence-electron chi connectivity index (χ1n) is 7.41. The molecular formula is C16H18FN3O3. The number of amides is 1. The van der Waals surface area contributed by atoms with E-state index >= 15 is 0 Å². The summed E-state index contributed by atoms with van der Waals surface area (Å²) >= 11 is 0. The smallest absolute Gasteiger partial charge is 0.250 e. The van der Waals surface area contributed by atoms with Crippen LogP contribution in [0, 0.1) is 5.82 Å². The number of nitrogens with two attached hydrogens (primary N) is 1. The first-order valence-corrected chi connectivity index (χ1v) is 7.41. The van der Waals surface area contributed by atoms with Gasteiger partial charge in [-0.25, -0.2) is 9.37 Å². The molecule has 0 spiro atoms. The van der Waals surface area contributed by atoms with Crippen LogP contribution in [0.4, 0.5) is 4.39 Å². The van der Waals surface area contributed by atoms with E-state index in [9.17, 15) is 14.3 Å². The second kappa shape index (κ2) is 6.10. The number of carbonyl (C=O) groups is 1. The Morgan fingerprint density at radius 1 is 1.43 bits per heavy atom. The number of carbonyl (C=O) groups excluding carboxylic acids is 1. The van der Waals surface area contributed by atoms with Gasteiger partial charge in [0.2, 0.25) is 5.89 Å². The van der Waals surface area contributed by atoms with Crippen molar-refractivity contribution in [3.05, 3.63) is 42.0 Å². The molecule has 3 rings (SSSR count). The van der Waals surface area contributed by atoms with Crippen molar-refractivity contribution < 1.29 is 18.7 Å². The van der Waals surface area contributed by atoms with Crippen LogP contribution >= 0.6 is 0 Å². The number of halogens is 1. The number of likely N-dealkylation sites (tertiary alicyclic amines) is 1. The van der Waals surface area contributed by atoms with Crippen LogP contribution in [0.5, 0.6) is 0 Å². The SMILES string of the molecule is NC(=O)[C@@]1(O)CCCN(Cc2coc(-c3ccc(F)cc3)n2)C1. The maximum absolute atomic E-state index is 12.9. The van der Waals surface area contributed by atoms with E-state index in [1.807, 2.05) is 4.90 Å². The summed E-state index contributed by atoms with van der Waals surface area (Å²) in [6.45, 7) is 1.37. The van der Waals surface area contributed by atoms with E-state index < -0.39 is 11.5 Å². The largest absolute Gasteiger partial charge is 0.444 e. The second-order valence-electron chi connectivity index (χ2n) is 5.86. The fourth-order valence-corrected chi connectivity index (χ4v) is 2.79. The van der Waals surface area contributed by atoms with E-state index in [-0.39, 0.29) is 12.4 Å². The molecule has 7 heteroatoms. The van der Waals surface area contributed by atoms with Crippen LogP contribution in [-0.2, 0) is 11.3 Å². The highest BCUT2D eigenvalue weighted by molar-refractivity contribution is 5.83. The van der Waals surface area contributed by atoms with Crippen molar-refractivity contribution >= 4 is 5.91 Å². The molecule has 0 bridgehead atoms. The summed E-state index contributed by atoms with van der Waals surface area (Å²) in [4.78, 5) is 17.7. The van der Waals surface area contributed by atoms with Crippen molar-refractivity contribution in [2.45, 2.75) is 25.0 Å². The summed E-state index contributed by atoms with van der Waals surface area (Å²) in [6.07, 6.45) is 2.58. The number of hydrogen-bond donors (Lipinski definition) is 2. The van der Waals surface area contributed by atoms with Gasteiger partial charge in [-0.15, -0.1) is 0 Å². The third kappa shape index (κ3) is 3.40. The lowest BCUT2D eigenvalue weighted by atomic mass is 9.92. The zero-order valence-electron chi connectivity index (χ0n) is 12.5. The van der Waals surface area contributed by atoms with Gasteiger partial charge in [0.05, 0.1) is 5.69 Å². The maximum atomic E-state index is 12.9. The summed E-state index contributed by atoms with van der Waals surface area (Å²) in [7, 11) is 0. The molecule has 2 aromatic rings. The van der Waals surface area contributed by atoms with Crippen molar-refractivity contribution in [2.75, 3.05) is 13.1 Å². The van der Waals surface area contributed by atoms with E-state index in [0.717, 1.165) is 6.54 Å². The van der Waals surface area contributed by atoms with Crippen molar-refractivity contribution in [3.63, 3.8) is 0 Å². The minimum Gasteiger partial charge on any atom is -0.444 e. The maximum Gasteiger partial charge on any atom is 0.250 e. The number of primary amides is 1. The molecule has 122 valence electrons. The van der Waals surface area contributed by atoms with Gasteiger partial charge >= 0.3 is 0 Å².